The average Bonchev–Trinajstić information content (AvgIpc) is 2.36. The maximum Gasteiger partial charge on any atom is 0.251 e. The van der Waals surface area contributed by atoms with Crippen molar-refractivity contribution in [3.8, 4) is 0 Å². The van der Waals surface area contributed by atoms with Gasteiger partial charge in [-0.25, -0.2) is 0 Å². The third-order valence-electron chi connectivity index (χ3n) is 2.63. The Morgan fingerprint density at radius 1 is 1.47 bits per heavy atom. The van der Waals surface area contributed by atoms with Crippen LogP contribution in [0.15, 0.2) is 24.3 Å². The molecule has 0 aliphatic carbocycles. The smallest absolute Gasteiger partial charge is 0.251 e. The van der Waals surface area contributed by atoms with Crippen molar-refractivity contribution in [2.24, 2.45) is 5.73 Å². The number of methoxy groups -OCH3 is 1. The first-order valence-corrected chi connectivity index (χ1v) is 5.78. The normalized spacial score (nSPS) is 12.2. The molecule has 4 heteroatoms. The lowest BCUT2D eigenvalue weighted by atomic mass is 10.0. The van der Waals surface area contributed by atoms with Crippen LogP contribution in [-0.2, 0) is 11.2 Å². The van der Waals surface area contributed by atoms with Gasteiger partial charge in [-0.2, -0.15) is 0 Å². The molecule has 0 heterocycles. The van der Waals surface area contributed by atoms with E-state index >= 15 is 0 Å². The van der Waals surface area contributed by atoms with Crippen molar-refractivity contribution in [2.75, 3.05) is 20.2 Å². The minimum absolute atomic E-state index is 0.0145. The molecule has 0 fully saturated rings. The number of nitrogens with one attached hydrogen (secondary N) is 1. The van der Waals surface area contributed by atoms with E-state index in [-0.39, 0.29) is 12.0 Å². The summed E-state index contributed by atoms with van der Waals surface area (Å²) >= 11 is 0. The fourth-order valence-corrected chi connectivity index (χ4v) is 1.53. The van der Waals surface area contributed by atoms with Crippen molar-refractivity contribution in [1.82, 2.24) is 5.32 Å². The standard InChI is InChI=1S/C13H20N2O2/c1-10(17-2)9-15-13(16)12-6-4-3-5-11(12)7-8-14/h3-6,10H,7-9,14H2,1-2H3,(H,15,16). The van der Waals surface area contributed by atoms with E-state index in [1.807, 2.05) is 31.2 Å². The molecule has 0 bridgehead atoms. The quantitative estimate of drug-likeness (QED) is 0.773. The second-order valence-corrected chi connectivity index (χ2v) is 3.95. The summed E-state index contributed by atoms with van der Waals surface area (Å²) in [5.41, 5.74) is 7.20. The van der Waals surface area contributed by atoms with E-state index < -0.39 is 0 Å². The number of carbonyl (C=O) groups is 1. The van der Waals surface area contributed by atoms with Crippen molar-refractivity contribution in [3.63, 3.8) is 0 Å². The molecule has 17 heavy (non-hydrogen) atoms. The lowest BCUT2D eigenvalue weighted by molar-refractivity contribution is 0.0869. The van der Waals surface area contributed by atoms with Gasteiger partial charge in [0, 0.05) is 19.2 Å². The van der Waals surface area contributed by atoms with E-state index in [1.54, 1.807) is 7.11 Å². The highest BCUT2D eigenvalue weighted by molar-refractivity contribution is 5.95. The Bertz CT molecular complexity index is 366. The zero-order valence-electron chi connectivity index (χ0n) is 10.4. The third-order valence-corrected chi connectivity index (χ3v) is 2.63. The van der Waals surface area contributed by atoms with E-state index in [1.165, 1.54) is 0 Å². The molecule has 3 N–H and O–H groups in total. The first-order chi connectivity index (χ1) is 8.19. The Morgan fingerprint density at radius 3 is 2.82 bits per heavy atom. The van der Waals surface area contributed by atoms with Gasteiger partial charge in [-0.05, 0) is 31.5 Å². The highest BCUT2D eigenvalue weighted by atomic mass is 16.5. The van der Waals surface area contributed by atoms with Gasteiger partial charge in [-0.3, -0.25) is 4.79 Å². The number of ether oxygens (including phenoxy) is 1. The SMILES string of the molecule is COC(C)CNC(=O)c1ccccc1CCN. The van der Waals surface area contributed by atoms with Crippen LogP contribution in [0.5, 0.6) is 0 Å². The van der Waals surface area contributed by atoms with E-state index in [0.717, 1.165) is 5.56 Å². The van der Waals surface area contributed by atoms with Crippen molar-refractivity contribution in [1.29, 1.82) is 0 Å². The molecule has 0 aliphatic rings. The first-order valence-electron chi connectivity index (χ1n) is 5.78. The van der Waals surface area contributed by atoms with E-state index in [9.17, 15) is 4.79 Å². The van der Waals surface area contributed by atoms with Gasteiger partial charge in [-0.1, -0.05) is 18.2 Å². The van der Waals surface area contributed by atoms with Gasteiger partial charge in [0.05, 0.1) is 6.10 Å². The molecule has 0 aromatic heterocycles. The number of carbonyl (C=O) groups excluding carboxylic acids is 1. The average molecular weight is 236 g/mol. The number of rotatable bonds is 6. The molecule has 1 aromatic carbocycles. The summed E-state index contributed by atoms with van der Waals surface area (Å²) in [6.45, 7) is 2.96. The fourth-order valence-electron chi connectivity index (χ4n) is 1.53. The lowest BCUT2D eigenvalue weighted by Gasteiger charge is -2.12. The highest BCUT2D eigenvalue weighted by Crippen LogP contribution is 2.09. The molecule has 1 amide bonds. The first kappa shape index (κ1) is 13.7. The molecule has 1 atom stereocenters. The summed E-state index contributed by atoms with van der Waals surface area (Å²) in [6, 6.07) is 7.52. The Balaban J connectivity index is 2.67. The largest absolute Gasteiger partial charge is 0.380 e. The number of hydrogen-bond acceptors (Lipinski definition) is 3. The predicted octanol–water partition coefficient (Wildman–Crippen LogP) is 0.952. The molecule has 1 rings (SSSR count). The van der Waals surface area contributed by atoms with Gasteiger partial charge >= 0.3 is 0 Å². The maximum absolute atomic E-state index is 12.0. The second kappa shape index (κ2) is 7.04. The van der Waals surface area contributed by atoms with Gasteiger partial charge in [0.15, 0.2) is 0 Å². The summed E-state index contributed by atoms with van der Waals surface area (Å²) in [5, 5.41) is 2.84. The molecule has 0 radical (unpaired) electrons. The Labute approximate surface area is 102 Å². The second-order valence-electron chi connectivity index (χ2n) is 3.95. The molecule has 0 saturated heterocycles. The third kappa shape index (κ3) is 4.17. The van der Waals surface area contributed by atoms with Crippen LogP contribution in [0.3, 0.4) is 0 Å². The van der Waals surface area contributed by atoms with Crippen LogP contribution < -0.4 is 11.1 Å². The molecular formula is C13H20N2O2. The number of hydrogen-bond donors (Lipinski definition) is 2. The van der Waals surface area contributed by atoms with Crippen molar-refractivity contribution in [3.05, 3.63) is 35.4 Å². The fraction of sp³-hybridized carbons (Fsp3) is 0.462. The van der Waals surface area contributed by atoms with Crippen LogP contribution >= 0.6 is 0 Å². The molecule has 1 aromatic rings. The van der Waals surface area contributed by atoms with Crippen LogP contribution in [0, 0.1) is 0 Å². The summed E-state index contributed by atoms with van der Waals surface area (Å²) in [5.74, 6) is -0.0713. The summed E-state index contributed by atoms with van der Waals surface area (Å²) in [4.78, 5) is 12.0. The molecular weight excluding hydrogens is 216 g/mol. The Morgan fingerprint density at radius 2 is 2.18 bits per heavy atom. The summed E-state index contributed by atoms with van der Waals surface area (Å²) < 4.78 is 5.08. The summed E-state index contributed by atoms with van der Waals surface area (Å²) in [7, 11) is 1.62. The monoisotopic (exact) mass is 236 g/mol. The zero-order valence-corrected chi connectivity index (χ0v) is 10.4. The minimum atomic E-state index is -0.0713. The molecule has 94 valence electrons. The zero-order chi connectivity index (χ0) is 12.7. The Kier molecular flexibility index (Phi) is 5.66. The predicted molar refractivity (Wildman–Crippen MR) is 68.0 cm³/mol. The molecule has 4 nitrogen and oxygen atoms in total. The molecule has 0 spiro atoms. The van der Waals surface area contributed by atoms with Gasteiger partial charge < -0.3 is 15.8 Å². The van der Waals surface area contributed by atoms with Gasteiger partial charge in [0.2, 0.25) is 0 Å². The Hall–Kier alpha value is -1.39. The van der Waals surface area contributed by atoms with E-state index in [4.69, 9.17) is 10.5 Å². The van der Waals surface area contributed by atoms with Crippen LogP contribution in [0.2, 0.25) is 0 Å². The summed E-state index contributed by atoms with van der Waals surface area (Å²) in [6.07, 6.45) is 0.726. The van der Waals surface area contributed by atoms with Crippen molar-refractivity contribution < 1.29 is 9.53 Å². The molecule has 0 aliphatic heterocycles. The number of amides is 1. The number of benzene rings is 1. The van der Waals surface area contributed by atoms with Crippen molar-refractivity contribution in [2.45, 2.75) is 19.4 Å². The molecule has 1 unspecified atom stereocenters. The minimum Gasteiger partial charge on any atom is -0.380 e. The number of nitrogens with two attached hydrogens (primary N) is 1. The molecule has 0 saturated carbocycles. The van der Waals surface area contributed by atoms with E-state index in [0.29, 0.717) is 25.1 Å². The van der Waals surface area contributed by atoms with Gasteiger partial charge in [-0.15, -0.1) is 0 Å². The van der Waals surface area contributed by atoms with Crippen LogP contribution in [0.4, 0.5) is 0 Å². The highest BCUT2D eigenvalue weighted by Gasteiger charge is 2.10. The van der Waals surface area contributed by atoms with Crippen molar-refractivity contribution >= 4 is 5.91 Å². The topological polar surface area (TPSA) is 64.3 Å². The van der Waals surface area contributed by atoms with E-state index in [2.05, 4.69) is 5.32 Å². The lowest BCUT2D eigenvalue weighted by Crippen LogP contribution is -2.32. The van der Waals surface area contributed by atoms with Gasteiger partial charge in [0.1, 0.15) is 0 Å². The maximum atomic E-state index is 12.0. The van der Waals surface area contributed by atoms with Crippen LogP contribution in [0.1, 0.15) is 22.8 Å². The van der Waals surface area contributed by atoms with Gasteiger partial charge in [0.25, 0.3) is 5.91 Å². The van der Waals surface area contributed by atoms with Crippen LogP contribution in [0.25, 0.3) is 0 Å². The van der Waals surface area contributed by atoms with Crippen LogP contribution in [-0.4, -0.2) is 32.2 Å².